The van der Waals surface area contributed by atoms with Gasteiger partial charge >= 0.3 is 0 Å². The van der Waals surface area contributed by atoms with Crippen molar-refractivity contribution in [3.8, 4) is 11.4 Å². The predicted molar refractivity (Wildman–Crippen MR) is 73.6 cm³/mol. The van der Waals surface area contributed by atoms with Crippen molar-refractivity contribution in [3.05, 3.63) is 35.5 Å². The quantitative estimate of drug-likeness (QED) is 0.935. The summed E-state index contributed by atoms with van der Waals surface area (Å²) in [5.74, 6) is 1.49. The van der Waals surface area contributed by atoms with Gasteiger partial charge in [-0.3, -0.25) is 0 Å². The van der Waals surface area contributed by atoms with Crippen LogP contribution in [0.5, 0.6) is 0 Å². The first-order valence-electron chi connectivity index (χ1n) is 6.99. The third-order valence-electron chi connectivity index (χ3n) is 4.15. The van der Waals surface area contributed by atoms with Crippen LogP contribution in [0, 0.1) is 18.7 Å². The Bertz CT molecular complexity index is 611. The van der Waals surface area contributed by atoms with Crippen LogP contribution in [-0.2, 0) is 0 Å². The van der Waals surface area contributed by atoms with E-state index in [-0.39, 0.29) is 11.7 Å². The van der Waals surface area contributed by atoms with Crippen molar-refractivity contribution >= 4 is 0 Å². The van der Waals surface area contributed by atoms with Gasteiger partial charge in [0.05, 0.1) is 0 Å². The van der Waals surface area contributed by atoms with Crippen molar-refractivity contribution in [1.82, 2.24) is 10.1 Å². The van der Waals surface area contributed by atoms with Crippen molar-refractivity contribution in [3.63, 3.8) is 0 Å². The highest BCUT2D eigenvalue weighted by Gasteiger charge is 2.32. The molecular formula is C15H18FN3O. The summed E-state index contributed by atoms with van der Waals surface area (Å²) >= 11 is 0. The van der Waals surface area contributed by atoms with E-state index < -0.39 is 0 Å². The van der Waals surface area contributed by atoms with E-state index in [0.29, 0.717) is 35.3 Å². The zero-order chi connectivity index (χ0) is 14.1. The summed E-state index contributed by atoms with van der Waals surface area (Å²) in [5, 5.41) is 3.98. The van der Waals surface area contributed by atoms with Gasteiger partial charge in [0.1, 0.15) is 5.82 Å². The van der Waals surface area contributed by atoms with Crippen molar-refractivity contribution in [1.29, 1.82) is 0 Å². The number of nitrogens with zero attached hydrogens (tertiary/aromatic N) is 2. The molecule has 0 radical (unpaired) electrons. The van der Waals surface area contributed by atoms with Crippen LogP contribution in [0.15, 0.2) is 22.7 Å². The molecule has 4 nitrogen and oxygen atoms in total. The molecule has 1 aliphatic carbocycles. The lowest BCUT2D eigenvalue weighted by Crippen LogP contribution is -2.17. The maximum atomic E-state index is 13.6. The minimum Gasteiger partial charge on any atom is -0.339 e. The van der Waals surface area contributed by atoms with Crippen molar-refractivity contribution in [2.45, 2.75) is 32.1 Å². The maximum Gasteiger partial charge on any atom is 0.230 e. The van der Waals surface area contributed by atoms with Gasteiger partial charge in [-0.2, -0.15) is 4.98 Å². The molecule has 1 aromatic carbocycles. The molecule has 1 heterocycles. The smallest absolute Gasteiger partial charge is 0.230 e. The predicted octanol–water partition coefficient (Wildman–Crippen LogP) is 3.03. The van der Waals surface area contributed by atoms with Crippen LogP contribution in [0.1, 0.15) is 36.6 Å². The van der Waals surface area contributed by atoms with Crippen molar-refractivity contribution in [2.75, 3.05) is 6.54 Å². The minimum absolute atomic E-state index is 0.247. The molecule has 2 aromatic rings. The number of aromatic nitrogens is 2. The molecule has 0 aliphatic heterocycles. The summed E-state index contributed by atoms with van der Waals surface area (Å²) in [7, 11) is 0. The Morgan fingerprint density at radius 3 is 3.00 bits per heavy atom. The van der Waals surface area contributed by atoms with Crippen LogP contribution in [0.3, 0.4) is 0 Å². The molecule has 0 saturated heterocycles. The second kappa shape index (κ2) is 5.32. The molecule has 0 bridgehead atoms. The maximum absolute atomic E-state index is 13.6. The fourth-order valence-corrected chi connectivity index (χ4v) is 2.88. The molecule has 3 rings (SSSR count). The normalized spacial score (nSPS) is 22.4. The molecule has 1 aromatic heterocycles. The molecule has 20 heavy (non-hydrogen) atoms. The summed E-state index contributed by atoms with van der Waals surface area (Å²) in [5.41, 5.74) is 7.03. The van der Waals surface area contributed by atoms with E-state index in [2.05, 4.69) is 10.1 Å². The Hall–Kier alpha value is -1.75. The summed E-state index contributed by atoms with van der Waals surface area (Å²) in [6, 6.07) is 4.97. The lowest BCUT2D eigenvalue weighted by Gasteiger charge is -2.12. The van der Waals surface area contributed by atoms with E-state index in [1.165, 1.54) is 6.07 Å². The largest absolute Gasteiger partial charge is 0.339 e. The van der Waals surface area contributed by atoms with Gasteiger partial charge in [-0.05, 0) is 43.9 Å². The Morgan fingerprint density at radius 2 is 2.25 bits per heavy atom. The van der Waals surface area contributed by atoms with Crippen LogP contribution in [0.25, 0.3) is 11.4 Å². The third kappa shape index (κ3) is 2.33. The lowest BCUT2D eigenvalue weighted by atomic mass is 9.96. The topological polar surface area (TPSA) is 64.9 Å². The molecule has 2 N–H and O–H groups in total. The van der Waals surface area contributed by atoms with Crippen molar-refractivity contribution in [2.24, 2.45) is 11.7 Å². The van der Waals surface area contributed by atoms with E-state index in [4.69, 9.17) is 10.3 Å². The highest BCUT2D eigenvalue weighted by Crippen LogP contribution is 2.38. The number of halogens is 1. The van der Waals surface area contributed by atoms with Crippen LogP contribution in [0.2, 0.25) is 0 Å². The first kappa shape index (κ1) is 13.2. The monoisotopic (exact) mass is 275 g/mol. The molecule has 1 aliphatic rings. The lowest BCUT2D eigenvalue weighted by molar-refractivity contribution is 0.326. The fourth-order valence-electron chi connectivity index (χ4n) is 2.88. The summed E-state index contributed by atoms with van der Waals surface area (Å²) in [6.45, 7) is 2.37. The van der Waals surface area contributed by atoms with Gasteiger partial charge in [0.2, 0.25) is 11.7 Å². The van der Waals surface area contributed by atoms with Crippen LogP contribution < -0.4 is 5.73 Å². The average Bonchev–Trinajstić information content (AvgIpc) is 3.09. The van der Waals surface area contributed by atoms with E-state index in [9.17, 15) is 4.39 Å². The molecule has 0 amide bonds. The Labute approximate surface area is 117 Å². The van der Waals surface area contributed by atoms with E-state index in [0.717, 1.165) is 19.3 Å². The first-order valence-corrected chi connectivity index (χ1v) is 6.99. The van der Waals surface area contributed by atoms with Gasteiger partial charge in [-0.15, -0.1) is 0 Å². The van der Waals surface area contributed by atoms with Gasteiger partial charge in [0.25, 0.3) is 0 Å². The van der Waals surface area contributed by atoms with Gasteiger partial charge < -0.3 is 10.3 Å². The second-order valence-corrected chi connectivity index (χ2v) is 5.45. The fraction of sp³-hybridized carbons (Fsp3) is 0.467. The number of rotatable bonds is 3. The number of hydrogen-bond acceptors (Lipinski definition) is 4. The Balaban J connectivity index is 1.88. The number of nitrogens with two attached hydrogens (primary N) is 1. The van der Waals surface area contributed by atoms with Gasteiger partial charge in [-0.25, -0.2) is 4.39 Å². The zero-order valence-corrected chi connectivity index (χ0v) is 11.5. The molecule has 1 saturated carbocycles. The van der Waals surface area contributed by atoms with E-state index in [1.807, 2.05) is 6.07 Å². The summed E-state index contributed by atoms with van der Waals surface area (Å²) in [4.78, 5) is 4.43. The average molecular weight is 275 g/mol. The van der Waals surface area contributed by atoms with Crippen LogP contribution in [-0.4, -0.2) is 16.7 Å². The molecule has 106 valence electrons. The van der Waals surface area contributed by atoms with Gasteiger partial charge in [0, 0.05) is 11.5 Å². The first-order chi connectivity index (χ1) is 9.69. The summed E-state index contributed by atoms with van der Waals surface area (Å²) < 4.78 is 19.0. The van der Waals surface area contributed by atoms with Gasteiger partial charge in [0.15, 0.2) is 0 Å². The molecule has 2 atom stereocenters. The Kier molecular flexibility index (Phi) is 3.53. The molecular weight excluding hydrogens is 257 g/mol. The molecule has 2 unspecified atom stereocenters. The number of aryl methyl sites for hydroxylation is 1. The third-order valence-corrected chi connectivity index (χ3v) is 4.15. The van der Waals surface area contributed by atoms with E-state index >= 15 is 0 Å². The SMILES string of the molecule is Cc1ccc(-c2noc(C3CCCC3CN)n2)cc1F. The van der Waals surface area contributed by atoms with Crippen molar-refractivity contribution < 1.29 is 8.91 Å². The molecule has 1 fully saturated rings. The molecule has 5 heteroatoms. The van der Waals surface area contributed by atoms with Crippen LogP contribution in [0.4, 0.5) is 4.39 Å². The van der Waals surface area contributed by atoms with Crippen LogP contribution >= 0.6 is 0 Å². The minimum atomic E-state index is -0.255. The van der Waals surface area contributed by atoms with Gasteiger partial charge in [-0.1, -0.05) is 23.7 Å². The standard InChI is InChI=1S/C15H18FN3O/c1-9-5-6-10(7-13(9)16)14-18-15(20-19-14)12-4-2-3-11(12)8-17/h5-7,11-12H,2-4,8,17H2,1H3. The summed E-state index contributed by atoms with van der Waals surface area (Å²) in [6.07, 6.45) is 3.28. The van der Waals surface area contributed by atoms with E-state index in [1.54, 1.807) is 13.0 Å². The Morgan fingerprint density at radius 1 is 1.40 bits per heavy atom. The second-order valence-electron chi connectivity index (χ2n) is 5.45. The highest BCUT2D eigenvalue weighted by molar-refractivity contribution is 5.55. The molecule has 0 spiro atoms. The highest BCUT2D eigenvalue weighted by atomic mass is 19.1. The zero-order valence-electron chi connectivity index (χ0n) is 11.5. The number of hydrogen-bond donors (Lipinski definition) is 1. The number of benzene rings is 1.